The molecule has 7 N–H and O–H groups in total. The van der Waals surface area contributed by atoms with Gasteiger partial charge in [-0.05, 0) is 72.1 Å². The van der Waals surface area contributed by atoms with Crippen molar-refractivity contribution >= 4 is 12.0 Å². The molecule has 0 radical (unpaired) electrons. The number of allylic oxidation sites excluding steroid dienone is 1. The van der Waals surface area contributed by atoms with Crippen LogP contribution in [0.1, 0.15) is 67.4 Å². The number of hydrogen-bond acceptors (Lipinski definition) is 8. The third-order valence-electron chi connectivity index (χ3n) is 8.32. The minimum atomic E-state index is -0.830. The molecule has 4 atom stereocenters. The van der Waals surface area contributed by atoms with Crippen molar-refractivity contribution in [2.24, 2.45) is 10.7 Å². The van der Waals surface area contributed by atoms with E-state index in [9.17, 15) is 20.1 Å². The average Bonchev–Trinajstić information content (AvgIpc) is 3.53. The number of aliphatic imine (C=N–C) groups is 1. The summed E-state index contributed by atoms with van der Waals surface area (Å²) in [7, 11) is 0. The van der Waals surface area contributed by atoms with Crippen LogP contribution in [0.25, 0.3) is 0 Å². The molecule has 0 fully saturated rings. The van der Waals surface area contributed by atoms with Crippen LogP contribution < -0.4 is 20.7 Å². The summed E-state index contributed by atoms with van der Waals surface area (Å²) in [5.74, 6) is 0.377. The number of quaternary nitrogens is 1. The Labute approximate surface area is 247 Å². The number of aliphatic hydroxyl groups excluding tert-OH is 2. The van der Waals surface area contributed by atoms with Crippen molar-refractivity contribution in [1.82, 2.24) is 5.32 Å². The molecular formula is C33H43N4O5+. The van der Waals surface area contributed by atoms with Crippen LogP contribution >= 0.6 is 0 Å². The fourth-order valence-electron chi connectivity index (χ4n) is 6.09. The van der Waals surface area contributed by atoms with E-state index in [0.717, 1.165) is 48.5 Å². The third kappa shape index (κ3) is 7.35. The maximum atomic E-state index is 12.4. The molecule has 0 saturated carbocycles. The van der Waals surface area contributed by atoms with E-state index in [0.29, 0.717) is 25.3 Å². The summed E-state index contributed by atoms with van der Waals surface area (Å²) in [5, 5.41) is 33.7. The average molecular weight is 576 g/mol. The van der Waals surface area contributed by atoms with Gasteiger partial charge in [-0.25, -0.2) is 0 Å². The number of hydrogen-bond donors (Lipinski definition) is 6. The highest BCUT2D eigenvalue weighted by molar-refractivity contribution is 5.87. The predicted octanol–water partition coefficient (Wildman–Crippen LogP) is 2.00. The summed E-state index contributed by atoms with van der Waals surface area (Å²) in [6.45, 7) is 3.94. The summed E-state index contributed by atoms with van der Waals surface area (Å²) in [6, 6.07) is 11.5. The number of phenols is 1. The zero-order chi connectivity index (χ0) is 29.6. The first-order valence-electron chi connectivity index (χ1n) is 15.1. The van der Waals surface area contributed by atoms with Crippen LogP contribution in [0, 0.1) is 0 Å². The maximum absolute atomic E-state index is 12.4. The fourth-order valence-corrected chi connectivity index (χ4v) is 6.09. The lowest BCUT2D eigenvalue weighted by Crippen LogP contribution is -3.07. The maximum Gasteiger partial charge on any atom is 0.227 e. The Morgan fingerprint density at radius 1 is 1.24 bits per heavy atom. The molecule has 0 saturated heterocycles. The van der Waals surface area contributed by atoms with Gasteiger partial charge in [0.15, 0.2) is 11.5 Å². The van der Waals surface area contributed by atoms with Gasteiger partial charge in [-0.3, -0.25) is 20.0 Å². The number of carbonyl (C=O) groups excluding carboxylic acids is 1. The number of ether oxygens (including phenoxy) is 1. The van der Waals surface area contributed by atoms with E-state index < -0.39 is 12.2 Å². The van der Waals surface area contributed by atoms with Crippen LogP contribution in [-0.2, 0) is 24.1 Å². The van der Waals surface area contributed by atoms with Gasteiger partial charge in [0.25, 0.3) is 0 Å². The van der Waals surface area contributed by atoms with E-state index in [1.807, 2.05) is 13.1 Å². The SMILES string of the molecule is CCC[C@H](O)C[C@@H](O)CC(=O)CCc1ccc(O)c(OC[NH+]2C=C3N=CC(Cc4cccc5c4CCN[C@@H]5N)=C3C2)c1. The normalized spacial score (nSPS) is 20.7. The van der Waals surface area contributed by atoms with Crippen LogP contribution in [0.4, 0.5) is 0 Å². The number of aryl methyl sites for hydroxylation is 1. The van der Waals surface area contributed by atoms with Crippen LogP contribution in [0.3, 0.4) is 0 Å². The number of aromatic hydroxyl groups is 1. The molecule has 42 heavy (non-hydrogen) atoms. The van der Waals surface area contributed by atoms with Crippen molar-refractivity contribution in [1.29, 1.82) is 0 Å². The zero-order valence-corrected chi connectivity index (χ0v) is 24.3. The van der Waals surface area contributed by atoms with Crippen molar-refractivity contribution in [3.8, 4) is 11.5 Å². The summed E-state index contributed by atoms with van der Waals surface area (Å²) < 4.78 is 6.02. The van der Waals surface area contributed by atoms with Crippen LogP contribution in [-0.4, -0.2) is 59.3 Å². The van der Waals surface area contributed by atoms with E-state index in [1.54, 1.807) is 18.2 Å². The number of phenolic OH excluding ortho intramolecular Hbond substituents is 1. The lowest BCUT2D eigenvalue weighted by molar-refractivity contribution is -0.855. The van der Waals surface area contributed by atoms with Gasteiger partial charge in [0.2, 0.25) is 6.73 Å². The van der Waals surface area contributed by atoms with E-state index in [1.165, 1.54) is 27.8 Å². The number of rotatable bonds is 14. The van der Waals surface area contributed by atoms with Crippen molar-refractivity contribution < 1.29 is 29.8 Å². The van der Waals surface area contributed by atoms with Gasteiger partial charge < -0.3 is 25.8 Å². The monoisotopic (exact) mass is 575 g/mol. The molecule has 0 aromatic heterocycles. The molecule has 0 amide bonds. The molecule has 3 heterocycles. The number of benzene rings is 2. The second-order valence-corrected chi connectivity index (χ2v) is 11.6. The Bertz CT molecular complexity index is 1380. The molecule has 9 heteroatoms. The van der Waals surface area contributed by atoms with Crippen LogP contribution in [0.5, 0.6) is 11.5 Å². The van der Waals surface area contributed by atoms with Crippen molar-refractivity contribution in [3.05, 3.63) is 81.7 Å². The summed E-state index contributed by atoms with van der Waals surface area (Å²) in [6.07, 6.45) is 6.76. The molecular weight excluding hydrogens is 532 g/mol. The van der Waals surface area contributed by atoms with Gasteiger partial charge in [-0.15, -0.1) is 0 Å². The highest BCUT2D eigenvalue weighted by Gasteiger charge is 2.30. The quantitative estimate of drug-likeness (QED) is 0.202. The molecule has 0 bridgehead atoms. The van der Waals surface area contributed by atoms with Gasteiger partial charge in [0.1, 0.15) is 24.2 Å². The Morgan fingerprint density at radius 3 is 2.93 bits per heavy atom. The lowest BCUT2D eigenvalue weighted by Gasteiger charge is -2.26. The highest BCUT2D eigenvalue weighted by atomic mass is 16.5. The first-order valence-corrected chi connectivity index (χ1v) is 15.1. The van der Waals surface area contributed by atoms with Crippen molar-refractivity contribution in [2.45, 2.75) is 76.7 Å². The number of nitrogens with zero attached hydrogens (tertiary/aromatic N) is 1. The second kappa shape index (κ2) is 13.8. The Balaban J connectivity index is 1.14. The van der Waals surface area contributed by atoms with E-state index in [4.69, 9.17) is 10.5 Å². The van der Waals surface area contributed by atoms with E-state index in [2.05, 4.69) is 34.7 Å². The topological polar surface area (TPSA) is 142 Å². The van der Waals surface area contributed by atoms with E-state index >= 15 is 0 Å². The summed E-state index contributed by atoms with van der Waals surface area (Å²) in [4.78, 5) is 18.1. The Kier molecular flexibility index (Phi) is 9.87. The number of fused-ring (bicyclic) bond motifs is 2. The van der Waals surface area contributed by atoms with Crippen molar-refractivity contribution in [2.75, 3.05) is 19.8 Å². The molecule has 0 spiro atoms. The zero-order valence-electron chi connectivity index (χ0n) is 24.3. The van der Waals surface area contributed by atoms with Crippen LogP contribution in [0.15, 0.2) is 64.4 Å². The number of aliphatic hydroxyl groups is 2. The number of nitrogens with two attached hydrogens (primary N) is 1. The lowest BCUT2D eigenvalue weighted by atomic mass is 9.90. The third-order valence-corrected chi connectivity index (χ3v) is 8.32. The Hall–Kier alpha value is -3.34. The minimum absolute atomic E-state index is 0.0347. The van der Waals surface area contributed by atoms with Gasteiger partial charge >= 0.3 is 0 Å². The largest absolute Gasteiger partial charge is 0.504 e. The molecule has 3 aliphatic rings. The standard InChI is InChI=1S/C33H42N4O5/c1-2-4-24(38)15-26(40)16-25(39)9-7-21-8-10-31(41)32(13-21)42-20-37-18-29-23(17-36-30(29)19-37)14-22-5-3-6-28-27(22)11-12-35-33(28)34/h3,5-6,8,10,13,17,19,24,26,33,35,38,40-41H,2,4,7,9,11-12,14-16,18,20,34H2,1H3/p+1/t24-,26+,33-/m0/s1. The molecule has 5 rings (SSSR count). The van der Waals surface area contributed by atoms with Gasteiger partial charge in [-0.1, -0.05) is 37.6 Å². The number of Topliss-reactive ketones (excluding diaryl/α,β-unsaturated/α-hetero) is 1. The predicted molar refractivity (Wildman–Crippen MR) is 161 cm³/mol. The molecule has 9 nitrogen and oxygen atoms in total. The summed E-state index contributed by atoms with van der Waals surface area (Å²) in [5.41, 5.74) is 14.4. The molecule has 2 aromatic rings. The summed E-state index contributed by atoms with van der Waals surface area (Å²) >= 11 is 0. The van der Waals surface area contributed by atoms with E-state index in [-0.39, 0.29) is 37.0 Å². The Morgan fingerprint density at radius 2 is 2.10 bits per heavy atom. The number of nitrogens with one attached hydrogen (secondary N) is 2. The molecule has 3 aliphatic heterocycles. The first kappa shape index (κ1) is 30.1. The first-order chi connectivity index (χ1) is 20.3. The molecule has 1 unspecified atom stereocenters. The van der Waals surface area contributed by atoms with Gasteiger partial charge in [-0.2, -0.15) is 0 Å². The van der Waals surface area contributed by atoms with Crippen LogP contribution in [0.2, 0.25) is 0 Å². The number of carbonyl (C=O) groups is 1. The molecule has 2 aromatic carbocycles. The van der Waals surface area contributed by atoms with Gasteiger partial charge in [0.05, 0.1) is 18.4 Å². The number of ketones is 1. The second-order valence-electron chi connectivity index (χ2n) is 11.6. The van der Waals surface area contributed by atoms with Crippen molar-refractivity contribution in [3.63, 3.8) is 0 Å². The fraction of sp³-hybridized carbons (Fsp3) is 0.455. The van der Waals surface area contributed by atoms with Gasteiger partial charge in [0, 0.05) is 31.2 Å². The molecule has 224 valence electrons. The molecule has 0 aliphatic carbocycles. The smallest absolute Gasteiger partial charge is 0.227 e. The minimum Gasteiger partial charge on any atom is -0.504 e. The highest BCUT2D eigenvalue weighted by Crippen LogP contribution is 2.30.